The largest absolute Gasteiger partial charge is 0.461 e. The van der Waals surface area contributed by atoms with E-state index < -0.39 is 71.9 Å². The SMILES string of the molecule is C=C1C(=O)O[C@H]2[C@H]1[C@H](OC(C)=O)C/C(C)=C/C[C@H](OC(C)=O)/C(C)=C/C[C@@H](OC(C)=O)[C@](C)(O)[C@H]2OC(C)=O. The van der Waals surface area contributed by atoms with Gasteiger partial charge in [0.2, 0.25) is 0 Å². The Bertz CT molecular complexity index is 1070. The van der Waals surface area contributed by atoms with Gasteiger partial charge in [-0.1, -0.05) is 24.3 Å². The Labute approximate surface area is 228 Å². The summed E-state index contributed by atoms with van der Waals surface area (Å²) in [6, 6.07) is 0. The highest BCUT2D eigenvalue weighted by atomic mass is 16.6. The van der Waals surface area contributed by atoms with Crippen molar-refractivity contribution in [3.05, 3.63) is 35.5 Å². The second-order valence-corrected chi connectivity index (χ2v) is 10.2. The van der Waals surface area contributed by atoms with Crippen molar-refractivity contribution in [1.82, 2.24) is 0 Å². The average molecular weight is 551 g/mol. The fourth-order valence-corrected chi connectivity index (χ4v) is 4.90. The molecule has 11 heteroatoms. The molecule has 0 aromatic heterocycles. The molecule has 2 rings (SSSR count). The summed E-state index contributed by atoms with van der Waals surface area (Å²) in [5.41, 5.74) is -0.757. The van der Waals surface area contributed by atoms with E-state index in [0.29, 0.717) is 5.57 Å². The fourth-order valence-electron chi connectivity index (χ4n) is 4.90. The lowest BCUT2D eigenvalue weighted by Crippen LogP contribution is -2.59. The van der Waals surface area contributed by atoms with Gasteiger partial charge >= 0.3 is 29.8 Å². The lowest BCUT2D eigenvalue weighted by molar-refractivity contribution is -0.213. The average Bonchev–Trinajstić information content (AvgIpc) is 3.09. The van der Waals surface area contributed by atoms with E-state index in [1.54, 1.807) is 19.9 Å². The van der Waals surface area contributed by atoms with Gasteiger partial charge in [-0.2, -0.15) is 0 Å². The van der Waals surface area contributed by atoms with E-state index in [1.807, 2.05) is 6.08 Å². The maximum Gasteiger partial charge on any atom is 0.334 e. The Kier molecular flexibility index (Phi) is 10.6. The first-order chi connectivity index (χ1) is 18.0. The summed E-state index contributed by atoms with van der Waals surface area (Å²) in [5.74, 6) is -4.47. The molecular formula is C28H38O11. The zero-order valence-corrected chi connectivity index (χ0v) is 23.5. The van der Waals surface area contributed by atoms with Gasteiger partial charge in [0, 0.05) is 52.5 Å². The number of hydrogen-bond acceptors (Lipinski definition) is 11. The first-order valence-corrected chi connectivity index (χ1v) is 12.7. The van der Waals surface area contributed by atoms with Gasteiger partial charge in [-0.05, 0) is 26.3 Å². The normalized spacial score (nSPS) is 34.6. The van der Waals surface area contributed by atoms with Crippen molar-refractivity contribution < 1.29 is 52.8 Å². The molecule has 39 heavy (non-hydrogen) atoms. The fraction of sp³-hybridized carbons (Fsp3) is 0.607. The van der Waals surface area contributed by atoms with Crippen molar-refractivity contribution in [1.29, 1.82) is 0 Å². The Hall–Kier alpha value is -3.47. The number of carbonyl (C=O) groups is 5. The van der Waals surface area contributed by atoms with Crippen LogP contribution in [0.25, 0.3) is 0 Å². The Morgan fingerprint density at radius 2 is 1.49 bits per heavy atom. The quantitative estimate of drug-likeness (QED) is 0.238. The number of aliphatic hydroxyl groups is 1. The van der Waals surface area contributed by atoms with E-state index in [2.05, 4.69) is 6.58 Å². The van der Waals surface area contributed by atoms with Gasteiger partial charge in [0.25, 0.3) is 0 Å². The molecule has 0 aromatic carbocycles. The van der Waals surface area contributed by atoms with Gasteiger partial charge in [-0.15, -0.1) is 0 Å². The summed E-state index contributed by atoms with van der Waals surface area (Å²) in [5, 5.41) is 11.8. The summed E-state index contributed by atoms with van der Waals surface area (Å²) in [4.78, 5) is 60.9. The molecule has 1 aliphatic heterocycles. The maximum absolute atomic E-state index is 12.7. The molecule has 1 N–H and O–H groups in total. The number of rotatable bonds is 4. The zero-order chi connectivity index (χ0) is 29.7. The molecule has 1 heterocycles. The van der Waals surface area contributed by atoms with Crippen LogP contribution in [0, 0.1) is 5.92 Å². The van der Waals surface area contributed by atoms with E-state index >= 15 is 0 Å². The molecule has 1 fully saturated rings. The Morgan fingerprint density at radius 3 is 2.03 bits per heavy atom. The summed E-state index contributed by atoms with van der Waals surface area (Å²) < 4.78 is 27.6. The molecule has 0 spiro atoms. The van der Waals surface area contributed by atoms with Gasteiger partial charge in [-0.25, -0.2) is 4.79 Å². The number of esters is 5. The van der Waals surface area contributed by atoms with E-state index in [1.165, 1.54) is 20.8 Å². The predicted octanol–water partition coefficient (Wildman–Crippen LogP) is 2.64. The lowest BCUT2D eigenvalue weighted by atomic mass is 9.78. The number of hydrogen-bond donors (Lipinski definition) is 1. The minimum atomic E-state index is -2.10. The monoisotopic (exact) mass is 550 g/mol. The van der Waals surface area contributed by atoms with Crippen molar-refractivity contribution >= 4 is 29.8 Å². The summed E-state index contributed by atoms with van der Waals surface area (Å²) >= 11 is 0. The Morgan fingerprint density at radius 1 is 0.923 bits per heavy atom. The molecule has 2 aliphatic rings. The number of fused-ring (bicyclic) bond motifs is 1. The molecule has 1 aliphatic carbocycles. The topological polar surface area (TPSA) is 152 Å². The molecule has 11 nitrogen and oxygen atoms in total. The predicted molar refractivity (Wildman–Crippen MR) is 137 cm³/mol. The molecule has 0 aromatic rings. The molecule has 7 atom stereocenters. The zero-order valence-electron chi connectivity index (χ0n) is 23.5. The van der Waals surface area contributed by atoms with Gasteiger partial charge in [0.1, 0.15) is 23.9 Å². The summed E-state index contributed by atoms with van der Waals surface area (Å²) in [6.07, 6.45) is -1.96. The van der Waals surface area contributed by atoms with Crippen LogP contribution in [-0.2, 0) is 47.7 Å². The van der Waals surface area contributed by atoms with E-state index in [-0.39, 0.29) is 24.8 Å². The highest BCUT2D eigenvalue weighted by molar-refractivity contribution is 5.91. The molecule has 0 unspecified atom stereocenters. The van der Waals surface area contributed by atoms with E-state index in [4.69, 9.17) is 23.7 Å². The van der Waals surface area contributed by atoms with E-state index in [0.717, 1.165) is 19.4 Å². The van der Waals surface area contributed by atoms with Crippen LogP contribution >= 0.6 is 0 Å². The molecule has 0 bridgehead atoms. The highest BCUT2D eigenvalue weighted by Gasteiger charge is 2.57. The third kappa shape index (κ3) is 8.26. The first-order valence-electron chi connectivity index (χ1n) is 12.7. The summed E-state index contributed by atoms with van der Waals surface area (Å²) in [6.45, 7) is 13.4. The minimum Gasteiger partial charge on any atom is -0.461 e. The van der Waals surface area contributed by atoms with Crippen LogP contribution in [0.5, 0.6) is 0 Å². The third-order valence-electron chi connectivity index (χ3n) is 6.78. The molecule has 1 saturated heterocycles. The molecule has 0 radical (unpaired) electrons. The smallest absolute Gasteiger partial charge is 0.334 e. The lowest BCUT2D eigenvalue weighted by Gasteiger charge is -2.41. The summed E-state index contributed by atoms with van der Waals surface area (Å²) in [7, 11) is 0. The van der Waals surface area contributed by atoms with Crippen LogP contribution < -0.4 is 0 Å². The second kappa shape index (κ2) is 13.1. The van der Waals surface area contributed by atoms with Crippen LogP contribution in [0.1, 0.15) is 67.7 Å². The van der Waals surface area contributed by atoms with Crippen molar-refractivity contribution in [2.45, 2.75) is 104 Å². The van der Waals surface area contributed by atoms with Crippen LogP contribution in [0.2, 0.25) is 0 Å². The molecule has 216 valence electrons. The third-order valence-corrected chi connectivity index (χ3v) is 6.78. The van der Waals surface area contributed by atoms with Crippen LogP contribution in [0.4, 0.5) is 0 Å². The molecule has 0 amide bonds. The van der Waals surface area contributed by atoms with Gasteiger partial charge in [0.05, 0.1) is 5.92 Å². The number of ether oxygens (including phenoxy) is 5. The maximum atomic E-state index is 12.7. The van der Waals surface area contributed by atoms with Crippen LogP contribution in [-0.4, -0.2) is 71.1 Å². The minimum absolute atomic E-state index is 0.0309. The van der Waals surface area contributed by atoms with Gasteiger partial charge in [-0.3, -0.25) is 19.2 Å². The first kappa shape index (κ1) is 31.7. The van der Waals surface area contributed by atoms with Crippen molar-refractivity contribution in [3.8, 4) is 0 Å². The van der Waals surface area contributed by atoms with Crippen molar-refractivity contribution in [2.75, 3.05) is 0 Å². The number of carbonyl (C=O) groups excluding carboxylic acids is 5. The Balaban J connectivity index is 2.78. The van der Waals surface area contributed by atoms with Crippen LogP contribution in [0.15, 0.2) is 35.5 Å². The van der Waals surface area contributed by atoms with Gasteiger partial charge < -0.3 is 28.8 Å². The second-order valence-electron chi connectivity index (χ2n) is 10.2. The van der Waals surface area contributed by atoms with Crippen molar-refractivity contribution in [2.24, 2.45) is 5.92 Å². The molecular weight excluding hydrogens is 512 g/mol. The molecule has 0 saturated carbocycles. The highest BCUT2D eigenvalue weighted by Crippen LogP contribution is 2.41. The van der Waals surface area contributed by atoms with Crippen molar-refractivity contribution in [3.63, 3.8) is 0 Å². The van der Waals surface area contributed by atoms with Gasteiger partial charge in [0.15, 0.2) is 12.2 Å². The van der Waals surface area contributed by atoms with Crippen LogP contribution in [0.3, 0.4) is 0 Å². The standard InChI is InChI=1S/C28H38O11/c1-14-9-11-21(35-17(4)29)15(2)10-12-23(37-19(6)31)28(8,34)26(38-20(7)32)25-24(16(3)27(33)39-25)22(13-14)36-18(5)30/h9-10,21-26,34H,3,11-13H2,1-2,4-8H3/b14-9+,15-10+/t21-,22+,23+,24+,25-,26-,28-/m0/s1. The van der Waals surface area contributed by atoms with E-state index in [9.17, 15) is 29.1 Å².